The van der Waals surface area contributed by atoms with Gasteiger partial charge in [-0.2, -0.15) is 0 Å². The Morgan fingerprint density at radius 3 is 1.55 bits per heavy atom. The van der Waals surface area contributed by atoms with Gasteiger partial charge < -0.3 is 20.8 Å². The van der Waals surface area contributed by atoms with Crippen molar-refractivity contribution in [3.63, 3.8) is 0 Å². The summed E-state index contributed by atoms with van der Waals surface area (Å²) in [6, 6.07) is 28.5. The highest BCUT2D eigenvalue weighted by molar-refractivity contribution is 5.79. The number of aliphatic hydroxyl groups is 1. The quantitative estimate of drug-likeness (QED) is 0.400. The van der Waals surface area contributed by atoms with Gasteiger partial charge in [0.1, 0.15) is 5.54 Å². The van der Waals surface area contributed by atoms with Crippen LogP contribution in [-0.2, 0) is 10.3 Å². The summed E-state index contributed by atoms with van der Waals surface area (Å²) < 4.78 is 0. The first-order chi connectivity index (χ1) is 15.1. The Morgan fingerprint density at radius 2 is 1.19 bits per heavy atom. The molecule has 3 rings (SSSR count). The van der Waals surface area contributed by atoms with Crippen molar-refractivity contribution in [2.45, 2.75) is 24.4 Å². The number of carbonyl (C=O) groups is 2. The fourth-order valence-electron chi connectivity index (χ4n) is 3.74. The lowest BCUT2D eigenvalue weighted by Gasteiger charge is -2.37. The van der Waals surface area contributed by atoms with Crippen LogP contribution >= 0.6 is 0 Å². The first kappa shape index (κ1) is 22.1. The van der Waals surface area contributed by atoms with E-state index in [-0.39, 0.29) is 25.4 Å². The molecule has 0 saturated heterocycles. The Labute approximate surface area is 181 Å². The lowest BCUT2D eigenvalue weighted by Crippen LogP contribution is -2.48. The molecule has 0 aliphatic rings. The summed E-state index contributed by atoms with van der Waals surface area (Å²) in [6.45, 7) is -0.374. The third-order valence-electron chi connectivity index (χ3n) is 5.22. The van der Waals surface area contributed by atoms with E-state index < -0.39 is 17.7 Å². The number of nitrogens with one attached hydrogen (secondary N) is 2. The van der Waals surface area contributed by atoms with Gasteiger partial charge >= 0.3 is 6.09 Å². The van der Waals surface area contributed by atoms with E-state index >= 15 is 0 Å². The topological polar surface area (TPSA) is 98.7 Å². The van der Waals surface area contributed by atoms with Gasteiger partial charge in [0.15, 0.2) is 0 Å². The molecule has 0 fully saturated rings. The number of aliphatic hydroxyl groups excluding tert-OH is 1. The van der Waals surface area contributed by atoms with Gasteiger partial charge in [-0.05, 0) is 23.1 Å². The van der Waals surface area contributed by atoms with Crippen LogP contribution in [-0.4, -0.2) is 34.9 Å². The second kappa shape index (κ2) is 10.4. The van der Waals surface area contributed by atoms with Gasteiger partial charge in [0, 0.05) is 6.42 Å². The van der Waals surface area contributed by atoms with Crippen molar-refractivity contribution in [3.05, 3.63) is 108 Å². The summed E-state index contributed by atoms with van der Waals surface area (Å²) in [5, 5.41) is 23.7. The van der Waals surface area contributed by atoms with E-state index in [2.05, 4.69) is 10.6 Å². The fourth-order valence-corrected chi connectivity index (χ4v) is 3.74. The molecular weight excluding hydrogens is 392 g/mol. The number of rotatable bonds is 9. The van der Waals surface area contributed by atoms with Gasteiger partial charge in [-0.1, -0.05) is 91.0 Å². The van der Waals surface area contributed by atoms with Gasteiger partial charge in [-0.15, -0.1) is 0 Å². The van der Waals surface area contributed by atoms with E-state index in [1.807, 2.05) is 91.0 Å². The molecule has 6 nitrogen and oxygen atoms in total. The molecule has 0 aromatic heterocycles. The number of benzene rings is 3. The first-order valence-electron chi connectivity index (χ1n) is 10.1. The zero-order chi connectivity index (χ0) is 22.1. The maximum Gasteiger partial charge on any atom is 0.404 e. The van der Waals surface area contributed by atoms with Crippen molar-refractivity contribution >= 4 is 12.0 Å². The van der Waals surface area contributed by atoms with Crippen molar-refractivity contribution in [1.82, 2.24) is 10.6 Å². The van der Waals surface area contributed by atoms with Crippen molar-refractivity contribution in [3.8, 4) is 0 Å². The van der Waals surface area contributed by atoms with Crippen LogP contribution in [0.3, 0.4) is 0 Å². The predicted molar refractivity (Wildman–Crippen MR) is 119 cm³/mol. The zero-order valence-electron chi connectivity index (χ0n) is 17.1. The minimum absolute atomic E-state index is 0.0553. The third-order valence-corrected chi connectivity index (χ3v) is 5.22. The molecule has 0 aliphatic carbocycles. The highest BCUT2D eigenvalue weighted by atomic mass is 16.4. The van der Waals surface area contributed by atoms with Crippen LogP contribution in [0.1, 0.15) is 29.5 Å². The van der Waals surface area contributed by atoms with E-state index in [4.69, 9.17) is 5.11 Å². The Morgan fingerprint density at radius 1 is 0.774 bits per heavy atom. The summed E-state index contributed by atoms with van der Waals surface area (Å²) in [6.07, 6.45) is -0.991. The highest BCUT2D eigenvalue weighted by Gasteiger charge is 2.37. The molecule has 3 aromatic rings. The molecule has 3 aromatic carbocycles. The van der Waals surface area contributed by atoms with E-state index in [1.165, 1.54) is 0 Å². The van der Waals surface area contributed by atoms with E-state index in [0.717, 1.165) is 16.7 Å². The summed E-state index contributed by atoms with van der Waals surface area (Å²) in [5.74, 6) is -0.248. The Balaban J connectivity index is 2.00. The Bertz CT molecular complexity index is 882. The number of hydrogen-bond acceptors (Lipinski definition) is 3. The molecule has 0 heterocycles. The summed E-state index contributed by atoms with van der Waals surface area (Å²) >= 11 is 0. The second-order valence-corrected chi connectivity index (χ2v) is 7.26. The molecule has 0 saturated carbocycles. The molecular formula is C25H26N2O4. The minimum Gasteiger partial charge on any atom is -0.465 e. The maximum absolute atomic E-state index is 13.1. The number of carbonyl (C=O) groups excluding carboxylic acids is 1. The second-order valence-electron chi connectivity index (χ2n) is 7.26. The molecule has 0 aliphatic heterocycles. The SMILES string of the molecule is O=C(O)NC(CO)CCC(=O)NC(c1ccccc1)(c1ccccc1)c1ccccc1. The molecule has 31 heavy (non-hydrogen) atoms. The van der Waals surface area contributed by atoms with Crippen LogP contribution in [0.5, 0.6) is 0 Å². The Kier molecular flexibility index (Phi) is 7.40. The summed E-state index contributed by atoms with van der Waals surface area (Å²) in [5.41, 5.74) is 1.80. The monoisotopic (exact) mass is 418 g/mol. The fraction of sp³-hybridized carbons (Fsp3) is 0.200. The van der Waals surface area contributed by atoms with Crippen LogP contribution in [0.25, 0.3) is 0 Å². The minimum atomic E-state index is -1.23. The van der Waals surface area contributed by atoms with Crippen molar-refractivity contribution in [2.75, 3.05) is 6.61 Å². The average molecular weight is 418 g/mol. The first-order valence-corrected chi connectivity index (χ1v) is 10.1. The smallest absolute Gasteiger partial charge is 0.404 e. The summed E-state index contributed by atoms with van der Waals surface area (Å²) in [7, 11) is 0. The largest absolute Gasteiger partial charge is 0.465 e. The van der Waals surface area contributed by atoms with Crippen molar-refractivity contribution in [2.24, 2.45) is 0 Å². The molecule has 0 spiro atoms. The van der Waals surface area contributed by atoms with Gasteiger partial charge in [0.05, 0.1) is 12.6 Å². The van der Waals surface area contributed by atoms with Crippen LogP contribution in [0.2, 0.25) is 0 Å². The molecule has 1 atom stereocenters. The number of amides is 2. The van der Waals surface area contributed by atoms with Crippen LogP contribution in [0.15, 0.2) is 91.0 Å². The van der Waals surface area contributed by atoms with Crippen LogP contribution in [0, 0.1) is 0 Å². The van der Waals surface area contributed by atoms with E-state index in [0.29, 0.717) is 0 Å². The zero-order valence-corrected chi connectivity index (χ0v) is 17.1. The standard InChI is InChI=1S/C25H26N2O4/c28-18-22(26-24(30)31)16-17-23(29)27-25(19-10-4-1-5-11-19,20-12-6-2-7-13-20)21-14-8-3-9-15-21/h1-15,22,26,28H,16-18H2,(H,27,29)(H,30,31). The lowest BCUT2D eigenvalue weighted by atomic mass is 9.77. The molecule has 6 heteroatoms. The normalized spacial score (nSPS) is 12.0. The molecule has 0 radical (unpaired) electrons. The molecule has 2 amide bonds. The van der Waals surface area contributed by atoms with Gasteiger partial charge in [0.25, 0.3) is 0 Å². The van der Waals surface area contributed by atoms with Gasteiger partial charge in [0.2, 0.25) is 5.91 Å². The number of hydrogen-bond donors (Lipinski definition) is 4. The molecule has 160 valence electrons. The van der Waals surface area contributed by atoms with Crippen LogP contribution < -0.4 is 10.6 Å². The van der Waals surface area contributed by atoms with Crippen LogP contribution in [0.4, 0.5) is 4.79 Å². The van der Waals surface area contributed by atoms with Crippen molar-refractivity contribution < 1.29 is 19.8 Å². The third kappa shape index (κ3) is 5.29. The predicted octanol–water partition coefficient (Wildman–Crippen LogP) is 3.50. The summed E-state index contributed by atoms with van der Waals surface area (Å²) in [4.78, 5) is 24.0. The Hall–Kier alpha value is -3.64. The molecule has 0 bridgehead atoms. The van der Waals surface area contributed by atoms with Gasteiger partial charge in [-0.25, -0.2) is 4.79 Å². The highest BCUT2D eigenvalue weighted by Crippen LogP contribution is 2.36. The lowest BCUT2D eigenvalue weighted by molar-refractivity contribution is -0.122. The molecule has 4 N–H and O–H groups in total. The van der Waals surface area contributed by atoms with E-state index in [9.17, 15) is 14.7 Å². The average Bonchev–Trinajstić information content (AvgIpc) is 2.81. The molecule has 1 unspecified atom stereocenters. The maximum atomic E-state index is 13.1. The van der Waals surface area contributed by atoms with Crippen molar-refractivity contribution in [1.29, 1.82) is 0 Å². The number of carboxylic acid groups (broad SMARTS) is 1. The van der Waals surface area contributed by atoms with E-state index in [1.54, 1.807) is 0 Å². The van der Waals surface area contributed by atoms with Gasteiger partial charge in [-0.3, -0.25) is 4.79 Å².